The van der Waals surface area contributed by atoms with E-state index in [1.807, 2.05) is 36.1 Å². The van der Waals surface area contributed by atoms with Crippen molar-refractivity contribution < 1.29 is 18.0 Å². The van der Waals surface area contributed by atoms with Gasteiger partial charge in [0.25, 0.3) is 6.43 Å². The van der Waals surface area contributed by atoms with Crippen LogP contribution in [0, 0.1) is 12.7 Å². The second-order valence-corrected chi connectivity index (χ2v) is 8.42. The molecule has 0 saturated carbocycles. The first kappa shape index (κ1) is 22.9. The topological polar surface area (TPSA) is 48.5 Å². The standard InChI is InChI=1S/C25H27F3N4O/c1-15-13-23(30-16(2)19-5-4-6-20(24(19)26)25(27)28)21-14-18(7-8-22(21)29-15)32-11-9-31(10-12-32)17(3)33/h4-8,13-14,16,25H,9-12H2,1-3H3,(H,29,30). The number of alkyl halides is 2. The van der Waals surface area contributed by atoms with Gasteiger partial charge in [0.15, 0.2) is 0 Å². The molecule has 0 radical (unpaired) electrons. The number of aromatic nitrogens is 1. The number of aryl methyl sites for hydroxylation is 1. The van der Waals surface area contributed by atoms with E-state index in [4.69, 9.17) is 0 Å². The predicted octanol–water partition coefficient (Wildman–Crippen LogP) is 5.46. The summed E-state index contributed by atoms with van der Waals surface area (Å²) in [5.41, 5.74) is 2.95. The number of amides is 1. The molecule has 1 atom stereocenters. The van der Waals surface area contributed by atoms with Crippen molar-refractivity contribution in [2.45, 2.75) is 33.2 Å². The van der Waals surface area contributed by atoms with Crippen molar-refractivity contribution in [3.8, 4) is 0 Å². The number of nitrogens with one attached hydrogen (secondary N) is 1. The average Bonchev–Trinajstić information content (AvgIpc) is 2.78. The first-order chi connectivity index (χ1) is 15.7. The lowest BCUT2D eigenvalue weighted by Gasteiger charge is -2.35. The molecular weight excluding hydrogens is 429 g/mol. The van der Waals surface area contributed by atoms with Gasteiger partial charge in [0.1, 0.15) is 5.82 Å². The zero-order valence-electron chi connectivity index (χ0n) is 18.9. The van der Waals surface area contributed by atoms with Gasteiger partial charge in [0, 0.05) is 61.1 Å². The summed E-state index contributed by atoms with van der Waals surface area (Å²) in [6.45, 7) is 8.01. The van der Waals surface area contributed by atoms with Crippen LogP contribution in [-0.2, 0) is 4.79 Å². The lowest BCUT2D eigenvalue weighted by Crippen LogP contribution is -2.48. The summed E-state index contributed by atoms with van der Waals surface area (Å²) in [5, 5.41) is 4.17. The summed E-state index contributed by atoms with van der Waals surface area (Å²) in [6, 6.07) is 11.4. The number of pyridine rings is 1. The van der Waals surface area contributed by atoms with E-state index in [9.17, 15) is 18.0 Å². The van der Waals surface area contributed by atoms with Gasteiger partial charge < -0.3 is 15.1 Å². The molecule has 2 heterocycles. The molecule has 1 N–H and O–H groups in total. The molecular formula is C25H27F3N4O. The number of fused-ring (bicyclic) bond motifs is 1. The Labute approximate surface area is 191 Å². The second-order valence-electron chi connectivity index (χ2n) is 8.42. The summed E-state index contributed by atoms with van der Waals surface area (Å²) in [6.07, 6.45) is -2.87. The van der Waals surface area contributed by atoms with Gasteiger partial charge in [-0.2, -0.15) is 0 Å². The molecule has 8 heteroatoms. The van der Waals surface area contributed by atoms with Crippen molar-refractivity contribution in [1.29, 1.82) is 0 Å². The molecule has 0 aliphatic carbocycles. The zero-order valence-corrected chi connectivity index (χ0v) is 18.9. The SMILES string of the molecule is CC(=O)N1CCN(c2ccc3nc(C)cc(NC(C)c4cccc(C(F)F)c4F)c3c2)CC1. The molecule has 1 saturated heterocycles. The van der Waals surface area contributed by atoms with Crippen LogP contribution in [0.5, 0.6) is 0 Å². The summed E-state index contributed by atoms with van der Waals surface area (Å²) < 4.78 is 41.0. The maximum absolute atomic E-state index is 14.7. The van der Waals surface area contributed by atoms with Gasteiger partial charge in [-0.25, -0.2) is 13.2 Å². The highest BCUT2D eigenvalue weighted by molar-refractivity contribution is 5.94. The molecule has 1 unspecified atom stereocenters. The molecule has 0 bridgehead atoms. The number of halogens is 3. The highest BCUT2D eigenvalue weighted by Gasteiger charge is 2.21. The van der Waals surface area contributed by atoms with Crippen molar-refractivity contribution in [3.63, 3.8) is 0 Å². The number of hydrogen-bond acceptors (Lipinski definition) is 4. The molecule has 174 valence electrons. The molecule has 1 amide bonds. The number of piperazine rings is 1. The fourth-order valence-corrected chi connectivity index (χ4v) is 4.32. The highest BCUT2D eigenvalue weighted by Crippen LogP contribution is 2.33. The van der Waals surface area contributed by atoms with Crippen LogP contribution in [0.15, 0.2) is 42.5 Å². The Kier molecular flexibility index (Phi) is 6.44. The largest absolute Gasteiger partial charge is 0.378 e. The number of carbonyl (C=O) groups is 1. The van der Waals surface area contributed by atoms with Crippen molar-refractivity contribution >= 4 is 28.2 Å². The quantitative estimate of drug-likeness (QED) is 0.554. The Hall–Kier alpha value is -3.29. The van der Waals surface area contributed by atoms with Gasteiger partial charge in [-0.05, 0) is 38.1 Å². The smallest absolute Gasteiger partial charge is 0.266 e. The first-order valence-electron chi connectivity index (χ1n) is 11.0. The molecule has 3 aromatic rings. The molecule has 33 heavy (non-hydrogen) atoms. The van der Waals surface area contributed by atoms with Gasteiger partial charge in [-0.15, -0.1) is 0 Å². The second kappa shape index (κ2) is 9.29. The number of benzene rings is 2. The summed E-state index contributed by atoms with van der Waals surface area (Å²) in [5.74, 6) is -0.803. The third-order valence-corrected chi connectivity index (χ3v) is 6.14. The van der Waals surface area contributed by atoms with Crippen LogP contribution in [0.3, 0.4) is 0 Å². The lowest BCUT2D eigenvalue weighted by atomic mass is 10.0. The molecule has 1 aliphatic heterocycles. The average molecular weight is 457 g/mol. The molecule has 0 spiro atoms. The Bertz CT molecular complexity index is 1180. The van der Waals surface area contributed by atoms with Crippen LogP contribution in [0.25, 0.3) is 10.9 Å². The van der Waals surface area contributed by atoms with Crippen LogP contribution < -0.4 is 10.2 Å². The van der Waals surface area contributed by atoms with Crippen molar-refractivity contribution in [2.75, 3.05) is 36.4 Å². The van der Waals surface area contributed by atoms with Gasteiger partial charge in [0.2, 0.25) is 5.91 Å². The maximum Gasteiger partial charge on any atom is 0.266 e. The minimum absolute atomic E-state index is 0.0800. The highest BCUT2D eigenvalue weighted by atomic mass is 19.3. The van der Waals surface area contributed by atoms with E-state index in [0.29, 0.717) is 13.1 Å². The fourth-order valence-electron chi connectivity index (χ4n) is 4.32. The van der Waals surface area contributed by atoms with E-state index in [-0.39, 0.29) is 11.5 Å². The van der Waals surface area contributed by atoms with E-state index in [2.05, 4.69) is 15.2 Å². The van der Waals surface area contributed by atoms with Crippen molar-refractivity contribution in [2.24, 2.45) is 0 Å². The summed E-state index contributed by atoms with van der Waals surface area (Å²) in [7, 11) is 0. The molecule has 1 fully saturated rings. The number of nitrogens with zero attached hydrogens (tertiary/aromatic N) is 3. The molecule has 1 aliphatic rings. The summed E-state index contributed by atoms with van der Waals surface area (Å²) in [4.78, 5) is 20.3. The normalized spacial score (nSPS) is 15.2. The van der Waals surface area contributed by atoms with Gasteiger partial charge in [-0.3, -0.25) is 9.78 Å². The predicted molar refractivity (Wildman–Crippen MR) is 124 cm³/mol. The number of hydrogen-bond donors (Lipinski definition) is 1. The molecule has 4 rings (SSSR count). The first-order valence-corrected chi connectivity index (χ1v) is 11.0. The third kappa shape index (κ3) is 4.74. The van der Waals surface area contributed by atoms with E-state index in [1.54, 1.807) is 13.8 Å². The van der Waals surface area contributed by atoms with Crippen LogP contribution in [0.4, 0.5) is 24.5 Å². The monoisotopic (exact) mass is 456 g/mol. The van der Waals surface area contributed by atoms with Gasteiger partial charge >= 0.3 is 0 Å². The van der Waals surface area contributed by atoms with Gasteiger partial charge in [-0.1, -0.05) is 18.2 Å². The van der Waals surface area contributed by atoms with Crippen LogP contribution in [-0.4, -0.2) is 42.0 Å². The number of anilines is 2. The maximum atomic E-state index is 14.7. The third-order valence-electron chi connectivity index (χ3n) is 6.14. The minimum atomic E-state index is -2.87. The number of rotatable bonds is 5. The van der Waals surface area contributed by atoms with Crippen LogP contribution in [0.2, 0.25) is 0 Å². The molecule has 1 aromatic heterocycles. The minimum Gasteiger partial charge on any atom is -0.378 e. The fraction of sp³-hybridized carbons (Fsp3) is 0.360. The Morgan fingerprint density at radius 2 is 1.76 bits per heavy atom. The Morgan fingerprint density at radius 1 is 1.06 bits per heavy atom. The van der Waals surface area contributed by atoms with Crippen molar-refractivity contribution in [1.82, 2.24) is 9.88 Å². The Morgan fingerprint density at radius 3 is 2.42 bits per heavy atom. The van der Waals surface area contributed by atoms with E-state index >= 15 is 0 Å². The van der Waals surface area contributed by atoms with Crippen LogP contribution in [0.1, 0.15) is 43.1 Å². The zero-order chi connectivity index (χ0) is 23.7. The van der Waals surface area contributed by atoms with Crippen LogP contribution >= 0.6 is 0 Å². The summed E-state index contributed by atoms with van der Waals surface area (Å²) >= 11 is 0. The van der Waals surface area contributed by atoms with E-state index in [1.165, 1.54) is 12.1 Å². The van der Waals surface area contributed by atoms with E-state index < -0.39 is 23.8 Å². The van der Waals surface area contributed by atoms with E-state index in [0.717, 1.165) is 47.1 Å². The number of carbonyl (C=O) groups excluding carboxylic acids is 1. The van der Waals surface area contributed by atoms with Gasteiger partial charge in [0.05, 0.1) is 17.1 Å². The lowest BCUT2D eigenvalue weighted by molar-refractivity contribution is -0.129. The molecule has 5 nitrogen and oxygen atoms in total. The Balaban J connectivity index is 1.64. The molecule has 2 aromatic carbocycles. The van der Waals surface area contributed by atoms with Crippen molar-refractivity contribution in [3.05, 3.63) is 65.1 Å².